The Morgan fingerprint density at radius 2 is 2.25 bits per heavy atom. The monoisotopic (exact) mass is 114 g/mol. The molecule has 0 saturated carbocycles. The van der Waals surface area contributed by atoms with Crippen LogP contribution in [-0.2, 0) is 0 Å². The fraction of sp³-hybridized carbons (Fsp3) is 0.667. The van der Waals surface area contributed by atoms with Crippen molar-refractivity contribution < 1.29 is 0 Å². The summed E-state index contributed by atoms with van der Waals surface area (Å²) in [4.78, 5) is 0. The quantitative estimate of drug-likeness (QED) is 0.565. The third kappa shape index (κ3) is 5.34. The van der Waals surface area contributed by atoms with Crippen LogP contribution in [0.2, 0.25) is 0 Å². The molecule has 0 fully saturated rings. The second kappa shape index (κ2) is 3.36. The van der Waals surface area contributed by atoms with Gasteiger partial charge < -0.3 is 11.1 Å². The van der Waals surface area contributed by atoms with Crippen molar-refractivity contribution in [2.45, 2.75) is 13.8 Å². The Labute approximate surface area is 50.8 Å². The van der Waals surface area contributed by atoms with E-state index in [1.807, 2.05) is 0 Å². The molecule has 0 aromatic carbocycles. The van der Waals surface area contributed by atoms with Crippen LogP contribution in [0.4, 0.5) is 0 Å². The van der Waals surface area contributed by atoms with Crippen molar-refractivity contribution in [2.75, 3.05) is 6.54 Å². The summed E-state index contributed by atoms with van der Waals surface area (Å²) in [5.74, 6) is 1.19. The molecule has 0 unspecified atom stereocenters. The van der Waals surface area contributed by atoms with E-state index in [-0.39, 0.29) is 0 Å². The minimum absolute atomic E-state index is 0.554. The highest BCUT2D eigenvalue weighted by atomic mass is 15.0. The van der Waals surface area contributed by atoms with Gasteiger partial charge in [0.15, 0.2) is 0 Å². The van der Waals surface area contributed by atoms with Crippen LogP contribution < -0.4 is 11.1 Å². The van der Waals surface area contributed by atoms with E-state index in [0.717, 1.165) is 6.54 Å². The van der Waals surface area contributed by atoms with Gasteiger partial charge in [0.1, 0.15) is 0 Å². The molecule has 0 aliphatic heterocycles. The van der Waals surface area contributed by atoms with Crippen molar-refractivity contribution in [1.29, 1.82) is 0 Å². The maximum atomic E-state index is 5.24. The average Bonchev–Trinajstić information content (AvgIpc) is 1.61. The van der Waals surface area contributed by atoms with Crippen molar-refractivity contribution in [3.8, 4) is 0 Å². The van der Waals surface area contributed by atoms with Crippen molar-refractivity contribution in [1.82, 2.24) is 5.32 Å². The van der Waals surface area contributed by atoms with E-state index in [9.17, 15) is 0 Å². The predicted molar refractivity (Wildman–Crippen MR) is 36.2 cm³/mol. The van der Waals surface area contributed by atoms with E-state index < -0.39 is 0 Å². The summed E-state index contributed by atoms with van der Waals surface area (Å²) in [6, 6.07) is 0. The van der Waals surface area contributed by atoms with Crippen LogP contribution in [0, 0.1) is 5.92 Å². The summed E-state index contributed by atoms with van der Waals surface area (Å²) in [5.41, 5.74) is 5.24. The number of nitrogens with two attached hydrogens (primary N) is 1. The van der Waals surface area contributed by atoms with Crippen LogP contribution in [0.25, 0.3) is 0 Å². The lowest BCUT2D eigenvalue weighted by molar-refractivity contribution is 0.594. The Morgan fingerprint density at radius 1 is 1.75 bits per heavy atom. The van der Waals surface area contributed by atoms with Crippen LogP contribution in [0.15, 0.2) is 12.4 Å². The van der Waals surface area contributed by atoms with Crippen molar-refractivity contribution in [3.05, 3.63) is 12.4 Å². The van der Waals surface area contributed by atoms with E-state index in [1.165, 1.54) is 0 Å². The largest absolute Gasteiger partial charge is 0.386 e. The number of hydrogen-bond donors (Lipinski definition) is 2. The molecule has 0 radical (unpaired) electrons. The molecule has 0 spiro atoms. The summed E-state index contributed by atoms with van der Waals surface area (Å²) >= 11 is 0. The molecule has 0 rings (SSSR count). The van der Waals surface area contributed by atoms with Gasteiger partial charge in [-0.05, 0) is 5.92 Å². The molecule has 2 heteroatoms. The van der Waals surface area contributed by atoms with Crippen LogP contribution in [-0.4, -0.2) is 6.54 Å². The van der Waals surface area contributed by atoms with E-state index in [1.54, 1.807) is 0 Å². The minimum atomic E-state index is 0.554. The molecule has 0 atom stereocenters. The van der Waals surface area contributed by atoms with Gasteiger partial charge in [0, 0.05) is 6.54 Å². The first-order valence-corrected chi connectivity index (χ1v) is 2.81. The number of nitrogens with one attached hydrogen (secondary N) is 1. The SMILES string of the molecule is C=C(N)NCC(C)C. The van der Waals surface area contributed by atoms with Gasteiger partial charge in [-0.2, -0.15) is 0 Å². The average molecular weight is 114 g/mol. The van der Waals surface area contributed by atoms with Gasteiger partial charge in [-0.25, -0.2) is 0 Å². The zero-order valence-electron chi connectivity index (χ0n) is 5.57. The van der Waals surface area contributed by atoms with Gasteiger partial charge >= 0.3 is 0 Å². The fourth-order valence-electron chi connectivity index (χ4n) is 0.335. The van der Waals surface area contributed by atoms with E-state index >= 15 is 0 Å². The van der Waals surface area contributed by atoms with Gasteiger partial charge in [0.2, 0.25) is 0 Å². The molecule has 0 heterocycles. The van der Waals surface area contributed by atoms with Gasteiger partial charge in [-0.1, -0.05) is 20.4 Å². The molecular formula is C6H14N2. The maximum absolute atomic E-state index is 5.24. The Bertz CT molecular complexity index is 76.6. The third-order valence-corrected chi connectivity index (χ3v) is 0.737. The van der Waals surface area contributed by atoms with Crippen LogP contribution in [0.5, 0.6) is 0 Å². The zero-order chi connectivity index (χ0) is 6.57. The summed E-state index contributed by atoms with van der Waals surface area (Å²) in [5, 5.41) is 2.93. The smallest absolute Gasteiger partial charge is 0.0885 e. The summed E-state index contributed by atoms with van der Waals surface area (Å²) < 4.78 is 0. The molecule has 3 N–H and O–H groups in total. The molecular weight excluding hydrogens is 100 g/mol. The molecule has 0 aliphatic carbocycles. The standard InChI is InChI=1S/C6H14N2/c1-5(2)4-8-6(3)7/h5,8H,3-4,7H2,1-2H3. The Kier molecular flexibility index (Phi) is 3.08. The molecule has 0 saturated heterocycles. The highest BCUT2D eigenvalue weighted by molar-refractivity contribution is 4.81. The predicted octanol–water partition coefficient (Wildman–Crippen LogP) is 0.662. The highest BCUT2D eigenvalue weighted by Gasteiger charge is 1.89. The van der Waals surface area contributed by atoms with Crippen LogP contribution in [0.1, 0.15) is 13.8 Å². The summed E-state index contributed by atoms with van der Waals surface area (Å²) in [7, 11) is 0. The van der Waals surface area contributed by atoms with Crippen molar-refractivity contribution in [3.63, 3.8) is 0 Å². The molecule has 0 amide bonds. The molecule has 48 valence electrons. The van der Waals surface area contributed by atoms with E-state index in [0.29, 0.717) is 11.7 Å². The molecule has 0 aromatic heterocycles. The van der Waals surface area contributed by atoms with Gasteiger partial charge in [-0.15, -0.1) is 0 Å². The first-order chi connectivity index (χ1) is 3.63. The first kappa shape index (κ1) is 7.34. The summed E-state index contributed by atoms with van der Waals surface area (Å²) in [6.45, 7) is 8.65. The second-order valence-electron chi connectivity index (χ2n) is 2.30. The Hall–Kier alpha value is -0.660. The van der Waals surface area contributed by atoms with Gasteiger partial charge in [-0.3, -0.25) is 0 Å². The van der Waals surface area contributed by atoms with Crippen LogP contribution in [0.3, 0.4) is 0 Å². The summed E-state index contributed by atoms with van der Waals surface area (Å²) in [6.07, 6.45) is 0. The highest BCUT2D eigenvalue weighted by Crippen LogP contribution is 1.86. The molecule has 2 nitrogen and oxygen atoms in total. The second-order valence-corrected chi connectivity index (χ2v) is 2.30. The third-order valence-electron chi connectivity index (χ3n) is 0.737. The van der Waals surface area contributed by atoms with Gasteiger partial charge in [0.05, 0.1) is 5.82 Å². The Balaban J connectivity index is 3.05. The van der Waals surface area contributed by atoms with E-state index in [2.05, 4.69) is 25.7 Å². The molecule has 0 aromatic rings. The zero-order valence-corrected chi connectivity index (χ0v) is 5.57. The molecule has 0 aliphatic rings. The van der Waals surface area contributed by atoms with Gasteiger partial charge in [0.25, 0.3) is 0 Å². The fourth-order valence-corrected chi connectivity index (χ4v) is 0.335. The first-order valence-electron chi connectivity index (χ1n) is 2.81. The normalized spacial score (nSPS) is 9.38. The van der Waals surface area contributed by atoms with Crippen molar-refractivity contribution >= 4 is 0 Å². The minimum Gasteiger partial charge on any atom is -0.386 e. The topological polar surface area (TPSA) is 38.0 Å². The molecule has 8 heavy (non-hydrogen) atoms. The van der Waals surface area contributed by atoms with E-state index in [4.69, 9.17) is 5.73 Å². The number of rotatable bonds is 3. The van der Waals surface area contributed by atoms with Crippen LogP contribution >= 0.6 is 0 Å². The lowest BCUT2D eigenvalue weighted by Gasteiger charge is -2.05. The maximum Gasteiger partial charge on any atom is 0.0885 e. The lowest BCUT2D eigenvalue weighted by atomic mass is 10.2. The Morgan fingerprint density at radius 3 is 2.38 bits per heavy atom. The lowest BCUT2D eigenvalue weighted by Crippen LogP contribution is -2.22. The van der Waals surface area contributed by atoms with Crippen molar-refractivity contribution in [2.24, 2.45) is 11.7 Å². The number of hydrogen-bond acceptors (Lipinski definition) is 2. The molecule has 0 bridgehead atoms.